The number of amidine groups is 1. The monoisotopic (exact) mass is 566 g/mol. The van der Waals surface area contributed by atoms with Crippen molar-refractivity contribution in [2.45, 2.75) is 12.8 Å². The van der Waals surface area contributed by atoms with Crippen LogP contribution in [0.5, 0.6) is 0 Å². The first-order valence-corrected chi connectivity index (χ1v) is 11.4. The van der Waals surface area contributed by atoms with Gasteiger partial charge >= 0.3 is 0 Å². The van der Waals surface area contributed by atoms with Crippen molar-refractivity contribution in [3.05, 3.63) is 69.0 Å². The van der Waals surface area contributed by atoms with E-state index in [1.165, 1.54) is 18.2 Å². The molecule has 0 saturated heterocycles. The molecule has 3 rings (SSSR count). The van der Waals surface area contributed by atoms with Crippen molar-refractivity contribution in [1.29, 1.82) is 0 Å². The summed E-state index contributed by atoms with van der Waals surface area (Å²) in [6.07, 6.45) is 0.679. The zero-order chi connectivity index (χ0) is 25.2. The molecule has 0 aliphatic heterocycles. The number of aliphatic imine (C=N–C) groups is 2. The third kappa shape index (κ3) is 8.02. The van der Waals surface area contributed by atoms with Gasteiger partial charge in [0.15, 0.2) is 17.5 Å². The van der Waals surface area contributed by atoms with Gasteiger partial charge in [-0.05, 0) is 68.6 Å². The molecule has 0 spiro atoms. The Kier molecular flexibility index (Phi) is 9.52. The van der Waals surface area contributed by atoms with Crippen molar-refractivity contribution in [2.24, 2.45) is 15.7 Å². The molecule has 0 radical (unpaired) electrons. The fraction of sp³-hybridized carbons (Fsp3) is 0.190. The number of nitrogens with zero attached hydrogens (tertiary/aromatic N) is 4. The van der Waals surface area contributed by atoms with Crippen LogP contribution in [0.1, 0.15) is 17.7 Å². The molecule has 2 aromatic carbocycles. The second-order valence-electron chi connectivity index (χ2n) is 7.03. The number of amides is 1. The van der Waals surface area contributed by atoms with Crippen LogP contribution in [0.2, 0.25) is 5.02 Å². The van der Waals surface area contributed by atoms with Crippen LogP contribution in [-0.2, 0) is 11.2 Å². The van der Waals surface area contributed by atoms with Crippen molar-refractivity contribution < 1.29 is 19.0 Å². The number of anilines is 1. The number of nitrogens with one attached hydrogen (secondary N) is 3. The molecular formula is C21H21BrClFN8O3. The van der Waals surface area contributed by atoms with Crippen molar-refractivity contribution >= 4 is 56.7 Å². The number of carbonyl (C=O) groups excluding carboxylic acids is 1. The number of carbonyl (C=O) groups is 1. The molecule has 0 unspecified atom stereocenters. The lowest BCUT2D eigenvalue weighted by Crippen LogP contribution is -2.37. The summed E-state index contributed by atoms with van der Waals surface area (Å²) in [6, 6.07) is 11.0. The predicted molar refractivity (Wildman–Crippen MR) is 132 cm³/mol. The third-order valence-corrected chi connectivity index (χ3v) is 5.28. The van der Waals surface area contributed by atoms with Gasteiger partial charge in [0.25, 0.3) is 0 Å². The van der Waals surface area contributed by atoms with Crippen molar-refractivity contribution in [3.8, 4) is 0 Å². The lowest BCUT2D eigenvalue weighted by atomic mass is 10.1. The third-order valence-electron chi connectivity index (χ3n) is 4.42. The van der Waals surface area contributed by atoms with Crippen LogP contribution in [0, 0.1) is 5.82 Å². The van der Waals surface area contributed by atoms with Gasteiger partial charge in [0.05, 0.1) is 16.6 Å². The number of hydrogen-bond donors (Lipinski definition) is 5. The number of aromatic nitrogens is 2. The van der Waals surface area contributed by atoms with Gasteiger partial charge in [0, 0.05) is 18.1 Å². The molecule has 0 atom stereocenters. The van der Waals surface area contributed by atoms with Gasteiger partial charge in [0.1, 0.15) is 5.82 Å². The molecule has 184 valence electrons. The van der Waals surface area contributed by atoms with Gasteiger partial charge in [-0.3, -0.25) is 25.8 Å². The molecule has 3 aromatic rings. The Morgan fingerprint density at radius 3 is 2.71 bits per heavy atom. The van der Waals surface area contributed by atoms with Crippen LogP contribution < -0.4 is 21.8 Å². The molecule has 14 heteroatoms. The fourth-order valence-electron chi connectivity index (χ4n) is 2.77. The van der Waals surface area contributed by atoms with Gasteiger partial charge in [-0.1, -0.05) is 23.7 Å². The quantitative estimate of drug-likeness (QED) is 0.114. The van der Waals surface area contributed by atoms with Crippen molar-refractivity contribution in [1.82, 2.24) is 21.1 Å². The highest BCUT2D eigenvalue weighted by Crippen LogP contribution is 2.23. The first-order chi connectivity index (χ1) is 16.9. The summed E-state index contributed by atoms with van der Waals surface area (Å²) in [5, 5.41) is 23.1. The van der Waals surface area contributed by atoms with Crippen LogP contribution in [0.25, 0.3) is 0 Å². The van der Waals surface area contributed by atoms with E-state index in [1.807, 2.05) is 5.48 Å². The number of benzene rings is 2. The van der Waals surface area contributed by atoms with E-state index in [4.69, 9.17) is 22.0 Å². The number of nitrogens with two attached hydrogens (primary N) is 1. The average molecular weight is 568 g/mol. The van der Waals surface area contributed by atoms with Crippen LogP contribution in [0.4, 0.5) is 15.9 Å². The van der Waals surface area contributed by atoms with E-state index in [-0.39, 0.29) is 40.1 Å². The first-order valence-electron chi connectivity index (χ1n) is 10.2. The Balaban J connectivity index is 1.48. The Bertz CT molecular complexity index is 1220. The smallest absolute Gasteiger partial charge is 0.231 e. The van der Waals surface area contributed by atoms with Gasteiger partial charge in [-0.15, -0.1) is 0 Å². The second-order valence-corrected chi connectivity index (χ2v) is 8.32. The number of hydrogen-bond acceptors (Lipinski definition) is 8. The van der Waals surface area contributed by atoms with Gasteiger partial charge < -0.3 is 11.1 Å². The summed E-state index contributed by atoms with van der Waals surface area (Å²) in [5.74, 6) is -0.561. The number of rotatable bonds is 9. The molecule has 11 nitrogen and oxygen atoms in total. The van der Waals surface area contributed by atoms with Crippen LogP contribution in [-0.4, -0.2) is 46.3 Å². The minimum atomic E-state index is -0.447. The van der Waals surface area contributed by atoms with E-state index in [0.717, 1.165) is 5.56 Å². The average Bonchev–Trinajstić information content (AvgIpc) is 3.29. The molecule has 35 heavy (non-hydrogen) atoms. The van der Waals surface area contributed by atoms with E-state index in [9.17, 15) is 14.4 Å². The molecule has 0 fully saturated rings. The molecule has 6 N–H and O–H groups in total. The topological polar surface area (TPSA) is 163 Å². The van der Waals surface area contributed by atoms with E-state index < -0.39 is 5.82 Å². The molecule has 1 amide bonds. The van der Waals surface area contributed by atoms with Crippen LogP contribution in [0.3, 0.4) is 0 Å². The van der Waals surface area contributed by atoms with E-state index in [0.29, 0.717) is 30.2 Å². The highest BCUT2D eigenvalue weighted by molar-refractivity contribution is 9.10. The SMILES string of the molecule is NC(=NCCCNc1nonc1C(=Nc1ccc(F)c(Br)c1)NO)NC(=O)Cc1ccc(Cl)cc1. The molecule has 1 heterocycles. The summed E-state index contributed by atoms with van der Waals surface area (Å²) in [4.78, 5) is 20.3. The lowest BCUT2D eigenvalue weighted by Gasteiger charge is -2.06. The molecule has 0 aliphatic carbocycles. The summed E-state index contributed by atoms with van der Waals surface area (Å²) < 4.78 is 18.4. The van der Waals surface area contributed by atoms with Crippen molar-refractivity contribution in [2.75, 3.05) is 18.4 Å². The molecule has 0 aliphatic rings. The Morgan fingerprint density at radius 1 is 1.23 bits per heavy atom. The number of hydroxylamine groups is 1. The Morgan fingerprint density at radius 2 is 2.00 bits per heavy atom. The lowest BCUT2D eigenvalue weighted by molar-refractivity contribution is -0.119. The van der Waals surface area contributed by atoms with Gasteiger partial charge in [0.2, 0.25) is 11.7 Å². The standard InChI is InChI=1S/C21H21BrClFN8O3/c22-15-11-14(6-7-16(15)24)28-20(30-34)18-19(32-35-31-18)26-8-1-9-27-21(25)29-17(33)10-12-2-4-13(23)5-3-12/h2-7,11,34H,1,8-10H2,(H,26,32)(H,28,30)(H3,25,27,29,33). The number of halogens is 3. The Hall–Kier alpha value is -3.55. The zero-order valence-corrected chi connectivity index (χ0v) is 20.5. The summed E-state index contributed by atoms with van der Waals surface area (Å²) >= 11 is 8.91. The van der Waals surface area contributed by atoms with Gasteiger partial charge in [-0.25, -0.2) is 14.0 Å². The Labute approximate surface area is 212 Å². The largest absolute Gasteiger partial charge is 0.370 e. The zero-order valence-electron chi connectivity index (χ0n) is 18.1. The van der Waals surface area contributed by atoms with E-state index in [1.54, 1.807) is 24.3 Å². The fourth-order valence-corrected chi connectivity index (χ4v) is 3.27. The summed E-state index contributed by atoms with van der Waals surface area (Å²) in [5.41, 5.74) is 8.97. The normalized spacial score (nSPS) is 11.9. The van der Waals surface area contributed by atoms with E-state index in [2.05, 4.69) is 46.9 Å². The van der Waals surface area contributed by atoms with E-state index >= 15 is 0 Å². The summed E-state index contributed by atoms with van der Waals surface area (Å²) in [6.45, 7) is 0.723. The maximum atomic E-state index is 13.4. The highest BCUT2D eigenvalue weighted by atomic mass is 79.9. The minimum Gasteiger partial charge on any atom is -0.370 e. The van der Waals surface area contributed by atoms with Crippen molar-refractivity contribution in [3.63, 3.8) is 0 Å². The first kappa shape index (κ1) is 26.1. The molecule has 1 aromatic heterocycles. The number of guanidine groups is 1. The highest BCUT2D eigenvalue weighted by Gasteiger charge is 2.16. The molecular weight excluding hydrogens is 547 g/mol. The van der Waals surface area contributed by atoms with Crippen LogP contribution in [0.15, 0.2) is 61.6 Å². The maximum Gasteiger partial charge on any atom is 0.231 e. The minimum absolute atomic E-state index is 0.0112. The maximum absolute atomic E-state index is 13.4. The van der Waals surface area contributed by atoms with Crippen LogP contribution >= 0.6 is 27.5 Å². The molecule has 0 bridgehead atoms. The second kappa shape index (κ2) is 12.8. The van der Waals surface area contributed by atoms with Gasteiger partial charge in [-0.2, -0.15) is 0 Å². The summed E-state index contributed by atoms with van der Waals surface area (Å²) in [7, 11) is 0. The molecule has 0 saturated carbocycles. The predicted octanol–water partition coefficient (Wildman–Crippen LogP) is 3.16.